The summed E-state index contributed by atoms with van der Waals surface area (Å²) in [5, 5.41) is 13.2. The Morgan fingerprint density at radius 1 is 1.10 bits per heavy atom. The lowest BCUT2D eigenvalue weighted by molar-refractivity contribution is -0.192. The Balaban J connectivity index is 0.000000616. The number of aryl methyl sites for hydroxylation is 1. The minimum atomic E-state index is -5.08. The van der Waals surface area contributed by atoms with Gasteiger partial charge in [0.2, 0.25) is 5.91 Å². The number of halogens is 4. The van der Waals surface area contributed by atoms with Crippen LogP contribution in [0.3, 0.4) is 0 Å². The van der Waals surface area contributed by atoms with Gasteiger partial charge in [0.25, 0.3) is 0 Å². The minimum absolute atomic E-state index is 0.104. The van der Waals surface area contributed by atoms with Crippen LogP contribution in [0.25, 0.3) is 11.3 Å². The maximum atomic E-state index is 12.8. The highest BCUT2D eigenvalue weighted by Crippen LogP contribution is 2.29. The molecule has 0 radical (unpaired) electrons. The van der Waals surface area contributed by atoms with Crippen molar-refractivity contribution in [2.75, 3.05) is 12.4 Å². The fourth-order valence-corrected chi connectivity index (χ4v) is 3.86. The maximum absolute atomic E-state index is 12.8. The van der Waals surface area contributed by atoms with Crippen LogP contribution >= 0.6 is 11.6 Å². The summed E-state index contributed by atoms with van der Waals surface area (Å²) in [7, 11) is 1.30. The predicted octanol–water partition coefficient (Wildman–Crippen LogP) is 5.30. The van der Waals surface area contributed by atoms with E-state index in [1.807, 2.05) is 30.3 Å². The molecule has 0 aliphatic heterocycles. The molecule has 0 saturated heterocycles. The quantitative estimate of drug-likeness (QED) is 0.173. The third-order valence-corrected chi connectivity index (χ3v) is 5.91. The fraction of sp³-hybridized carbons (Fsp3) is 0.222. The van der Waals surface area contributed by atoms with Gasteiger partial charge in [0, 0.05) is 29.6 Å². The molecule has 0 fully saturated rings. The van der Waals surface area contributed by atoms with Crippen LogP contribution in [-0.4, -0.2) is 56.3 Å². The van der Waals surface area contributed by atoms with E-state index in [1.165, 1.54) is 7.11 Å². The van der Waals surface area contributed by atoms with Gasteiger partial charge in [-0.3, -0.25) is 10.1 Å². The molecule has 0 aliphatic carbocycles. The number of aromatic amines is 2. The smallest absolute Gasteiger partial charge is 0.475 e. The second-order valence-electron chi connectivity index (χ2n) is 8.67. The molecule has 4 rings (SSSR count). The Morgan fingerprint density at radius 2 is 1.76 bits per heavy atom. The number of H-pyrrole nitrogens is 2. The molecule has 2 amide bonds. The second-order valence-corrected chi connectivity index (χ2v) is 9.05. The van der Waals surface area contributed by atoms with Gasteiger partial charge in [-0.25, -0.2) is 19.6 Å². The summed E-state index contributed by atoms with van der Waals surface area (Å²) in [5.41, 5.74) is 3.85. The van der Waals surface area contributed by atoms with Gasteiger partial charge in [0.05, 0.1) is 19.5 Å². The van der Waals surface area contributed by atoms with E-state index >= 15 is 0 Å². The number of rotatable bonds is 9. The van der Waals surface area contributed by atoms with Crippen molar-refractivity contribution in [1.29, 1.82) is 0 Å². The third-order valence-electron chi connectivity index (χ3n) is 5.63. The topological polar surface area (TPSA) is 162 Å². The van der Waals surface area contributed by atoms with Crippen LogP contribution in [0.2, 0.25) is 5.15 Å². The van der Waals surface area contributed by atoms with Crippen molar-refractivity contribution in [2.24, 2.45) is 0 Å². The van der Waals surface area contributed by atoms with Crippen molar-refractivity contribution < 1.29 is 37.4 Å². The minimum Gasteiger partial charge on any atom is -0.475 e. The van der Waals surface area contributed by atoms with Gasteiger partial charge < -0.3 is 25.1 Å². The average Bonchev–Trinajstić information content (AvgIpc) is 3.62. The number of alkyl halides is 3. The van der Waals surface area contributed by atoms with Crippen LogP contribution in [0.15, 0.2) is 67.1 Å². The van der Waals surface area contributed by atoms with Crippen LogP contribution in [0, 0.1) is 0 Å². The number of hydrogen-bond donors (Lipinski definition) is 5. The number of carboxylic acid groups (broad SMARTS) is 1. The van der Waals surface area contributed by atoms with Crippen molar-refractivity contribution in [2.45, 2.75) is 31.5 Å². The number of ether oxygens (including phenoxy) is 1. The van der Waals surface area contributed by atoms with Crippen LogP contribution in [0.5, 0.6) is 0 Å². The summed E-state index contributed by atoms with van der Waals surface area (Å²) >= 11 is 6.51. The summed E-state index contributed by atoms with van der Waals surface area (Å²) in [4.78, 5) is 47.9. The van der Waals surface area contributed by atoms with Crippen molar-refractivity contribution in [3.8, 4) is 11.3 Å². The molecule has 5 N–H and O–H groups in total. The largest absolute Gasteiger partial charge is 0.490 e. The lowest BCUT2D eigenvalue weighted by Gasteiger charge is -2.17. The zero-order valence-electron chi connectivity index (χ0n) is 22.0. The van der Waals surface area contributed by atoms with E-state index in [-0.39, 0.29) is 5.91 Å². The molecule has 1 atom stereocenters. The first kappa shape index (κ1) is 31.7. The molecule has 11 nitrogen and oxygen atoms in total. The molecule has 0 aliphatic rings. The molecule has 15 heteroatoms. The monoisotopic (exact) mass is 606 g/mol. The number of aromatic nitrogens is 4. The molecule has 222 valence electrons. The first-order valence-electron chi connectivity index (χ1n) is 12.3. The van der Waals surface area contributed by atoms with Crippen molar-refractivity contribution >= 4 is 35.3 Å². The molecule has 0 bridgehead atoms. The summed E-state index contributed by atoms with van der Waals surface area (Å²) < 4.78 is 36.3. The third kappa shape index (κ3) is 9.66. The highest BCUT2D eigenvalue weighted by atomic mass is 35.5. The predicted molar refractivity (Wildman–Crippen MR) is 147 cm³/mol. The number of amides is 2. The SMILES string of the molecule is COC(=O)Nc1ccc(-c2nc([C@H](Cc3ccccc3)NC(=O)CCc3cnc[nH]3)[nH]c2Cl)cc1.O=C(O)C(F)(F)F. The number of anilines is 1. The van der Waals surface area contributed by atoms with Gasteiger partial charge in [-0.1, -0.05) is 54.1 Å². The Morgan fingerprint density at radius 3 is 2.33 bits per heavy atom. The number of nitrogens with zero attached hydrogens (tertiary/aromatic N) is 2. The van der Waals surface area contributed by atoms with Crippen LogP contribution in [-0.2, 0) is 27.2 Å². The standard InChI is InChI=1S/C25H25ClN6O3.C2HF3O2/c1-35-25(34)29-18-9-7-17(8-10-18)22-23(26)32-24(31-22)20(13-16-5-3-2-4-6-16)30-21(33)12-11-19-14-27-15-28-19;3-2(4,5)1(6)7/h2-10,14-15,20H,11-13H2,1H3,(H,27,28)(H,29,34)(H,30,33)(H,31,32);(H,6,7)/t20-;/m0./s1. The van der Waals surface area contributed by atoms with Gasteiger partial charge in [-0.2, -0.15) is 13.2 Å². The number of methoxy groups -OCH3 is 1. The van der Waals surface area contributed by atoms with Crippen molar-refractivity contribution in [3.63, 3.8) is 0 Å². The number of imidazole rings is 2. The molecule has 2 aromatic heterocycles. The highest BCUT2D eigenvalue weighted by molar-refractivity contribution is 6.31. The number of hydrogen-bond acceptors (Lipinski definition) is 6. The zero-order valence-corrected chi connectivity index (χ0v) is 22.8. The van der Waals surface area contributed by atoms with Crippen LogP contribution < -0.4 is 10.6 Å². The molecular weight excluding hydrogens is 581 g/mol. The van der Waals surface area contributed by atoms with Gasteiger partial charge in [0.1, 0.15) is 16.7 Å². The number of carbonyl (C=O) groups is 3. The molecule has 42 heavy (non-hydrogen) atoms. The highest BCUT2D eigenvalue weighted by Gasteiger charge is 2.38. The van der Waals surface area contributed by atoms with E-state index in [4.69, 9.17) is 26.5 Å². The number of benzene rings is 2. The molecule has 4 aromatic rings. The van der Waals surface area contributed by atoms with Crippen molar-refractivity contribution in [1.82, 2.24) is 25.3 Å². The second kappa shape index (κ2) is 14.7. The van der Waals surface area contributed by atoms with E-state index in [9.17, 15) is 22.8 Å². The maximum Gasteiger partial charge on any atom is 0.490 e. The van der Waals surface area contributed by atoms with E-state index < -0.39 is 24.3 Å². The van der Waals surface area contributed by atoms with Gasteiger partial charge >= 0.3 is 18.2 Å². The first-order chi connectivity index (χ1) is 20.0. The number of nitrogens with one attached hydrogen (secondary N) is 4. The van der Waals surface area contributed by atoms with Gasteiger partial charge in [-0.05, 0) is 30.5 Å². The summed E-state index contributed by atoms with van der Waals surface area (Å²) in [5.74, 6) is -2.30. The lowest BCUT2D eigenvalue weighted by atomic mass is 10.0. The molecule has 0 spiro atoms. The van der Waals surface area contributed by atoms with Gasteiger partial charge in [0.15, 0.2) is 0 Å². The molecule has 2 aromatic carbocycles. The van der Waals surface area contributed by atoms with E-state index in [2.05, 4.69) is 30.3 Å². The first-order valence-corrected chi connectivity index (χ1v) is 12.7. The summed E-state index contributed by atoms with van der Waals surface area (Å²) in [6.45, 7) is 0. The molecule has 0 unspecified atom stereocenters. The van der Waals surface area contributed by atoms with Crippen LogP contribution in [0.1, 0.15) is 29.5 Å². The summed E-state index contributed by atoms with van der Waals surface area (Å²) in [6.07, 6.45) is -0.926. The Labute approximate surface area is 242 Å². The Kier molecular flexibility index (Phi) is 11.1. The van der Waals surface area contributed by atoms with Gasteiger partial charge in [-0.15, -0.1) is 0 Å². The zero-order chi connectivity index (χ0) is 30.7. The molecule has 0 saturated carbocycles. The normalized spacial score (nSPS) is 11.5. The number of carboxylic acids is 1. The fourth-order valence-electron chi connectivity index (χ4n) is 3.61. The summed E-state index contributed by atoms with van der Waals surface area (Å²) in [6, 6.07) is 16.5. The van der Waals surface area contributed by atoms with Crippen LogP contribution in [0.4, 0.5) is 23.7 Å². The molecule has 2 heterocycles. The average molecular weight is 607 g/mol. The van der Waals surface area contributed by atoms with E-state index in [1.54, 1.807) is 36.8 Å². The Hall–Kier alpha value is -4.85. The number of carbonyl (C=O) groups excluding carboxylic acids is 2. The van der Waals surface area contributed by atoms with E-state index in [0.29, 0.717) is 41.6 Å². The molecular formula is C27H26ClF3N6O5. The number of aliphatic carboxylic acids is 1. The van der Waals surface area contributed by atoms with E-state index in [0.717, 1.165) is 16.8 Å². The lowest BCUT2D eigenvalue weighted by Crippen LogP contribution is -2.31. The van der Waals surface area contributed by atoms with Crippen molar-refractivity contribution in [3.05, 3.63) is 89.4 Å². The Bertz CT molecular complexity index is 1460.